The van der Waals surface area contributed by atoms with Crippen LogP contribution in [-0.2, 0) is 4.79 Å². The second-order valence-electron chi connectivity index (χ2n) is 7.19. The Kier molecular flexibility index (Phi) is 6.18. The van der Waals surface area contributed by atoms with E-state index in [0.717, 1.165) is 27.6 Å². The van der Waals surface area contributed by atoms with Gasteiger partial charge in [0.1, 0.15) is 11.4 Å². The molecule has 1 aromatic heterocycles. The van der Waals surface area contributed by atoms with Crippen LogP contribution in [0.3, 0.4) is 0 Å². The van der Waals surface area contributed by atoms with Crippen molar-refractivity contribution in [2.75, 3.05) is 12.9 Å². The van der Waals surface area contributed by atoms with Crippen molar-refractivity contribution in [1.82, 2.24) is 25.5 Å². The van der Waals surface area contributed by atoms with E-state index in [-0.39, 0.29) is 17.7 Å². The average Bonchev–Trinajstić information content (AvgIpc) is 3.25. The molecule has 4 rings (SSSR count). The largest absolute Gasteiger partial charge is 0.494 e. The summed E-state index contributed by atoms with van der Waals surface area (Å²) in [7, 11) is 1.60. The molecule has 8 heteroatoms. The molecule has 1 amide bonds. The zero-order chi connectivity index (χ0) is 21.8. The highest BCUT2D eigenvalue weighted by atomic mass is 32.2. The molecule has 0 aliphatic rings. The number of hydrogen-bond acceptors (Lipinski definition) is 6. The van der Waals surface area contributed by atoms with Gasteiger partial charge in [0, 0.05) is 0 Å². The Labute approximate surface area is 184 Å². The Morgan fingerprint density at radius 3 is 2.81 bits per heavy atom. The number of methoxy groups -OCH3 is 1. The Morgan fingerprint density at radius 2 is 1.97 bits per heavy atom. The molecule has 0 unspecified atom stereocenters. The third-order valence-electron chi connectivity index (χ3n) is 5.00. The second-order valence-corrected chi connectivity index (χ2v) is 8.14. The number of rotatable bonds is 7. The number of carbonyl (C=O) groups excluding carboxylic acids is 1. The fraction of sp³-hybridized carbons (Fsp3) is 0.217. The molecule has 0 saturated carbocycles. The van der Waals surface area contributed by atoms with Crippen LogP contribution in [-0.4, -0.2) is 39.0 Å². The topological polar surface area (TPSA) is 81.9 Å². The van der Waals surface area contributed by atoms with Gasteiger partial charge in [0.2, 0.25) is 11.1 Å². The van der Waals surface area contributed by atoms with Crippen molar-refractivity contribution in [2.45, 2.75) is 25.0 Å². The number of amides is 1. The van der Waals surface area contributed by atoms with Crippen molar-refractivity contribution in [3.63, 3.8) is 0 Å². The van der Waals surface area contributed by atoms with Crippen LogP contribution in [0.2, 0.25) is 0 Å². The van der Waals surface area contributed by atoms with Gasteiger partial charge in [0.05, 0.1) is 18.9 Å². The smallest absolute Gasteiger partial charge is 0.230 e. The molecule has 0 spiro atoms. The molecular formula is C23H23N5O2S. The van der Waals surface area contributed by atoms with Gasteiger partial charge in [-0.3, -0.25) is 4.79 Å². The molecule has 0 fully saturated rings. The lowest BCUT2D eigenvalue weighted by molar-refractivity contribution is -0.119. The van der Waals surface area contributed by atoms with Crippen LogP contribution in [0.5, 0.6) is 5.75 Å². The fourth-order valence-electron chi connectivity index (χ4n) is 3.50. The van der Waals surface area contributed by atoms with Gasteiger partial charge in [0.25, 0.3) is 0 Å². The number of benzene rings is 3. The first kappa shape index (κ1) is 20.9. The monoisotopic (exact) mass is 433 g/mol. The summed E-state index contributed by atoms with van der Waals surface area (Å²) in [6, 6.07) is 20.0. The number of aryl methyl sites for hydroxylation is 1. The first-order valence-electron chi connectivity index (χ1n) is 9.90. The molecule has 7 nitrogen and oxygen atoms in total. The third kappa shape index (κ3) is 4.54. The predicted molar refractivity (Wildman–Crippen MR) is 122 cm³/mol. The van der Waals surface area contributed by atoms with Crippen LogP contribution in [0.25, 0.3) is 16.5 Å². The maximum atomic E-state index is 12.6. The number of thioether (sulfide) groups is 1. The van der Waals surface area contributed by atoms with Crippen LogP contribution in [0.15, 0.2) is 65.8 Å². The molecule has 4 aromatic rings. The van der Waals surface area contributed by atoms with Gasteiger partial charge in [-0.15, -0.1) is 5.10 Å². The molecule has 1 atom stereocenters. The van der Waals surface area contributed by atoms with Crippen LogP contribution < -0.4 is 10.1 Å². The summed E-state index contributed by atoms with van der Waals surface area (Å²) in [6.45, 7) is 3.98. The number of nitrogens with zero attached hydrogens (tertiary/aromatic N) is 4. The summed E-state index contributed by atoms with van der Waals surface area (Å²) in [5, 5.41) is 17.8. The van der Waals surface area contributed by atoms with Gasteiger partial charge < -0.3 is 10.1 Å². The quantitative estimate of drug-likeness (QED) is 0.442. The van der Waals surface area contributed by atoms with E-state index in [2.05, 4.69) is 39.0 Å². The summed E-state index contributed by atoms with van der Waals surface area (Å²) in [4.78, 5) is 12.6. The van der Waals surface area contributed by atoms with Crippen molar-refractivity contribution in [3.05, 3.63) is 71.8 Å². The van der Waals surface area contributed by atoms with Crippen LogP contribution in [0, 0.1) is 6.92 Å². The van der Waals surface area contributed by atoms with E-state index >= 15 is 0 Å². The van der Waals surface area contributed by atoms with Crippen molar-refractivity contribution in [1.29, 1.82) is 0 Å². The molecule has 1 N–H and O–H groups in total. The third-order valence-corrected chi connectivity index (χ3v) is 5.92. The normalized spacial score (nSPS) is 12.0. The Balaban J connectivity index is 1.46. The summed E-state index contributed by atoms with van der Waals surface area (Å²) in [6.07, 6.45) is 0. The molecule has 0 aliphatic heterocycles. The van der Waals surface area contributed by atoms with Crippen molar-refractivity contribution >= 4 is 28.4 Å². The minimum atomic E-state index is -0.118. The number of nitrogens with one attached hydrogen (secondary N) is 1. The van der Waals surface area contributed by atoms with E-state index in [4.69, 9.17) is 4.74 Å². The highest BCUT2D eigenvalue weighted by molar-refractivity contribution is 7.99. The SMILES string of the molecule is COc1ccc(C)cc1-n1nnnc1SCC(=O)N[C@H](C)c1cccc2ccccc12. The number of ether oxygens (including phenoxy) is 1. The molecule has 31 heavy (non-hydrogen) atoms. The first-order valence-corrected chi connectivity index (χ1v) is 10.9. The molecule has 3 aromatic carbocycles. The van der Waals surface area contributed by atoms with E-state index in [1.54, 1.807) is 11.8 Å². The number of tetrazole rings is 1. The Bertz CT molecular complexity index is 1220. The summed E-state index contributed by atoms with van der Waals surface area (Å²) >= 11 is 1.28. The Morgan fingerprint density at radius 1 is 1.16 bits per heavy atom. The summed E-state index contributed by atoms with van der Waals surface area (Å²) in [5.74, 6) is 0.772. The second kappa shape index (κ2) is 9.18. The Hall–Kier alpha value is -3.39. The highest BCUT2D eigenvalue weighted by Crippen LogP contribution is 2.27. The lowest BCUT2D eigenvalue weighted by Gasteiger charge is -2.16. The van der Waals surface area contributed by atoms with Crippen LogP contribution in [0.4, 0.5) is 0 Å². The predicted octanol–water partition coefficient (Wildman–Crippen LogP) is 4.10. The first-order chi connectivity index (χ1) is 15.1. The van der Waals surface area contributed by atoms with E-state index < -0.39 is 0 Å². The minimum Gasteiger partial charge on any atom is -0.494 e. The summed E-state index contributed by atoms with van der Waals surface area (Å²) < 4.78 is 7.03. The van der Waals surface area contributed by atoms with Gasteiger partial charge >= 0.3 is 0 Å². The number of hydrogen-bond donors (Lipinski definition) is 1. The molecule has 0 radical (unpaired) electrons. The maximum absolute atomic E-state index is 12.6. The lowest BCUT2D eigenvalue weighted by Crippen LogP contribution is -2.28. The molecule has 0 saturated heterocycles. The zero-order valence-electron chi connectivity index (χ0n) is 17.6. The lowest BCUT2D eigenvalue weighted by atomic mass is 10.00. The molecular weight excluding hydrogens is 410 g/mol. The van der Waals surface area contributed by atoms with E-state index in [9.17, 15) is 4.79 Å². The van der Waals surface area contributed by atoms with Crippen molar-refractivity contribution in [3.8, 4) is 11.4 Å². The average molecular weight is 434 g/mol. The van der Waals surface area contributed by atoms with Gasteiger partial charge in [-0.05, 0) is 58.3 Å². The molecule has 158 valence electrons. The van der Waals surface area contributed by atoms with Gasteiger partial charge in [-0.25, -0.2) is 0 Å². The van der Waals surface area contributed by atoms with E-state index in [1.165, 1.54) is 11.8 Å². The van der Waals surface area contributed by atoms with Gasteiger partial charge in [-0.1, -0.05) is 60.3 Å². The minimum absolute atomic E-state index is 0.0869. The number of aromatic nitrogens is 4. The molecule has 1 heterocycles. The van der Waals surface area contributed by atoms with Crippen LogP contribution in [0.1, 0.15) is 24.1 Å². The maximum Gasteiger partial charge on any atom is 0.230 e. The summed E-state index contributed by atoms with van der Waals surface area (Å²) in [5.41, 5.74) is 2.88. The van der Waals surface area contributed by atoms with Crippen LogP contribution >= 0.6 is 11.8 Å². The van der Waals surface area contributed by atoms with E-state index in [1.807, 2.05) is 56.3 Å². The standard InChI is InChI=1S/C23H23N5O2S/c1-15-11-12-21(30-3)20(13-15)28-23(25-26-27-28)31-14-22(29)24-16(2)18-10-6-8-17-7-4-5-9-19(17)18/h4-13,16H,14H2,1-3H3,(H,24,29)/t16-/m1/s1. The fourth-order valence-corrected chi connectivity index (χ4v) is 4.20. The number of carbonyl (C=O) groups is 1. The number of fused-ring (bicyclic) bond motifs is 1. The van der Waals surface area contributed by atoms with Crippen molar-refractivity contribution < 1.29 is 9.53 Å². The van der Waals surface area contributed by atoms with Gasteiger partial charge in [-0.2, -0.15) is 4.68 Å². The zero-order valence-corrected chi connectivity index (χ0v) is 18.4. The molecule has 0 bridgehead atoms. The van der Waals surface area contributed by atoms with E-state index in [0.29, 0.717) is 10.9 Å². The van der Waals surface area contributed by atoms with Crippen molar-refractivity contribution in [2.24, 2.45) is 0 Å². The highest BCUT2D eigenvalue weighted by Gasteiger charge is 2.17. The molecule has 0 aliphatic carbocycles. The van der Waals surface area contributed by atoms with Gasteiger partial charge in [0.15, 0.2) is 0 Å².